The van der Waals surface area contributed by atoms with Crippen molar-refractivity contribution in [2.24, 2.45) is 23.3 Å². The number of carbonyl (C=O) groups is 5. The Morgan fingerprint density at radius 2 is 1.43 bits per heavy atom. The predicted octanol–water partition coefficient (Wildman–Crippen LogP) is -1.64. The minimum atomic E-state index is -1.23. The molecule has 0 saturated heterocycles. The fraction of sp³-hybridized carbons (Fsp3) is 0.722. The van der Waals surface area contributed by atoms with Crippen LogP contribution in [0.25, 0.3) is 0 Å². The molecule has 0 bridgehead atoms. The maximum atomic E-state index is 12.6. The van der Waals surface area contributed by atoms with Gasteiger partial charge in [0.15, 0.2) is 0 Å². The van der Waals surface area contributed by atoms with Gasteiger partial charge < -0.3 is 32.5 Å². The van der Waals surface area contributed by atoms with E-state index in [1.54, 1.807) is 13.8 Å². The van der Waals surface area contributed by atoms with Crippen molar-refractivity contribution < 1.29 is 29.1 Å². The molecular formula is C18H33N5O6S. The topological polar surface area (TPSA) is 194 Å². The van der Waals surface area contributed by atoms with E-state index in [1.807, 2.05) is 13.8 Å². The summed E-state index contributed by atoms with van der Waals surface area (Å²) < 4.78 is 0. The zero-order chi connectivity index (χ0) is 23.6. The van der Waals surface area contributed by atoms with Gasteiger partial charge in [-0.3, -0.25) is 19.2 Å². The molecule has 30 heavy (non-hydrogen) atoms. The lowest BCUT2D eigenvalue weighted by atomic mass is 10.00. The quantitative estimate of drug-likeness (QED) is 0.164. The average molecular weight is 448 g/mol. The molecule has 172 valence electrons. The number of rotatable bonds is 13. The summed E-state index contributed by atoms with van der Waals surface area (Å²) in [5, 5.41) is 16.6. The van der Waals surface area contributed by atoms with Gasteiger partial charge in [-0.25, -0.2) is 4.79 Å². The van der Waals surface area contributed by atoms with Crippen LogP contribution in [0.4, 0.5) is 0 Å². The van der Waals surface area contributed by atoms with E-state index in [1.165, 1.54) is 0 Å². The maximum absolute atomic E-state index is 12.6. The Morgan fingerprint density at radius 1 is 0.900 bits per heavy atom. The third-order valence-corrected chi connectivity index (χ3v) is 4.51. The zero-order valence-corrected chi connectivity index (χ0v) is 18.6. The zero-order valence-electron chi connectivity index (χ0n) is 17.7. The minimum Gasteiger partial charge on any atom is -0.480 e. The van der Waals surface area contributed by atoms with Gasteiger partial charge in [0, 0.05) is 5.75 Å². The number of carbonyl (C=O) groups excluding carboxylic acids is 4. The van der Waals surface area contributed by atoms with Crippen molar-refractivity contribution in [3.8, 4) is 0 Å². The summed E-state index contributed by atoms with van der Waals surface area (Å²) in [7, 11) is 0. The summed E-state index contributed by atoms with van der Waals surface area (Å²) in [5.74, 6) is -4.49. The summed E-state index contributed by atoms with van der Waals surface area (Å²) in [5.41, 5.74) is 10.6. The van der Waals surface area contributed by atoms with Crippen molar-refractivity contribution in [2.75, 3.05) is 5.75 Å². The lowest BCUT2D eigenvalue weighted by Crippen LogP contribution is -2.59. The molecule has 0 aromatic carbocycles. The molecule has 12 heteroatoms. The number of nitrogens with two attached hydrogens (primary N) is 2. The van der Waals surface area contributed by atoms with Crippen molar-refractivity contribution in [1.82, 2.24) is 16.0 Å². The van der Waals surface area contributed by atoms with Crippen LogP contribution in [-0.2, 0) is 24.0 Å². The molecule has 0 aromatic rings. The second-order valence-corrected chi connectivity index (χ2v) is 8.15. The first-order valence-electron chi connectivity index (χ1n) is 9.58. The van der Waals surface area contributed by atoms with Crippen LogP contribution in [0.1, 0.15) is 40.5 Å². The Bertz CT molecular complexity index is 643. The summed E-state index contributed by atoms with van der Waals surface area (Å²) in [6.07, 6.45) is -0.164. The van der Waals surface area contributed by atoms with Gasteiger partial charge in [0.05, 0.1) is 12.5 Å². The molecule has 0 fully saturated rings. The van der Waals surface area contributed by atoms with E-state index in [4.69, 9.17) is 11.5 Å². The Labute approximate surface area is 181 Å². The minimum absolute atomic E-state index is 0.0341. The van der Waals surface area contributed by atoms with E-state index in [0.717, 1.165) is 0 Å². The molecule has 4 atom stereocenters. The highest BCUT2D eigenvalue weighted by atomic mass is 32.1. The average Bonchev–Trinajstić information content (AvgIpc) is 2.61. The van der Waals surface area contributed by atoms with Crippen LogP contribution in [0.3, 0.4) is 0 Å². The molecule has 0 aliphatic heterocycles. The van der Waals surface area contributed by atoms with Gasteiger partial charge in [-0.2, -0.15) is 12.6 Å². The second kappa shape index (κ2) is 13.1. The first-order chi connectivity index (χ1) is 13.8. The molecule has 0 rings (SSSR count). The van der Waals surface area contributed by atoms with E-state index in [0.29, 0.717) is 0 Å². The van der Waals surface area contributed by atoms with Crippen LogP contribution in [0.5, 0.6) is 0 Å². The van der Waals surface area contributed by atoms with Crippen molar-refractivity contribution >= 4 is 42.2 Å². The first kappa shape index (κ1) is 27.7. The molecule has 8 N–H and O–H groups in total. The molecule has 0 aromatic heterocycles. The van der Waals surface area contributed by atoms with Crippen molar-refractivity contribution in [3.63, 3.8) is 0 Å². The van der Waals surface area contributed by atoms with Crippen LogP contribution in [0, 0.1) is 11.8 Å². The third-order valence-electron chi connectivity index (χ3n) is 4.14. The van der Waals surface area contributed by atoms with Crippen molar-refractivity contribution in [1.29, 1.82) is 0 Å². The van der Waals surface area contributed by atoms with Gasteiger partial charge in [0.1, 0.15) is 18.1 Å². The molecular weight excluding hydrogens is 414 g/mol. The van der Waals surface area contributed by atoms with Gasteiger partial charge in [-0.1, -0.05) is 27.7 Å². The molecule has 0 saturated carbocycles. The monoisotopic (exact) mass is 447 g/mol. The number of thiol groups is 1. The molecule has 0 aliphatic rings. The van der Waals surface area contributed by atoms with Crippen molar-refractivity contribution in [3.05, 3.63) is 0 Å². The highest BCUT2D eigenvalue weighted by molar-refractivity contribution is 7.80. The third kappa shape index (κ3) is 9.92. The normalized spacial score (nSPS) is 15.1. The fourth-order valence-electron chi connectivity index (χ4n) is 2.53. The van der Waals surface area contributed by atoms with Crippen LogP contribution < -0.4 is 27.4 Å². The van der Waals surface area contributed by atoms with Gasteiger partial charge in [-0.05, 0) is 18.3 Å². The Balaban J connectivity index is 5.19. The highest BCUT2D eigenvalue weighted by Crippen LogP contribution is 2.08. The summed E-state index contributed by atoms with van der Waals surface area (Å²) >= 11 is 4.03. The molecule has 0 aliphatic carbocycles. The maximum Gasteiger partial charge on any atom is 0.326 e. The molecule has 0 radical (unpaired) electrons. The van der Waals surface area contributed by atoms with Gasteiger partial charge >= 0.3 is 5.97 Å². The predicted molar refractivity (Wildman–Crippen MR) is 113 cm³/mol. The second-order valence-electron chi connectivity index (χ2n) is 7.78. The van der Waals surface area contributed by atoms with Crippen LogP contribution in [0.15, 0.2) is 0 Å². The summed E-state index contributed by atoms with van der Waals surface area (Å²) in [6.45, 7) is 7.01. The number of hydrogen-bond donors (Lipinski definition) is 7. The van der Waals surface area contributed by atoms with Crippen LogP contribution >= 0.6 is 12.6 Å². The van der Waals surface area contributed by atoms with E-state index in [2.05, 4.69) is 28.6 Å². The van der Waals surface area contributed by atoms with Crippen LogP contribution in [-0.4, -0.2) is 64.6 Å². The molecule has 4 unspecified atom stereocenters. The van der Waals surface area contributed by atoms with Crippen molar-refractivity contribution in [2.45, 2.75) is 64.7 Å². The Morgan fingerprint density at radius 3 is 1.83 bits per heavy atom. The molecule has 11 nitrogen and oxygen atoms in total. The standard InChI is InChI=1S/C18H33N5O6S/c1-8(2)5-11(18(28)29)21-17(27)14(9(3)4)23-16(26)12(7-30)22-15(25)10(19)6-13(20)24/h8-12,14,30H,5-7,19H2,1-4H3,(H2,20,24)(H,21,27)(H,22,25)(H,23,26)(H,28,29). The van der Waals surface area contributed by atoms with Gasteiger partial charge in [0.2, 0.25) is 23.6 Å². The molecule has 0 heterocycles. The van der Waals surface area contributed by atoms with E-state index in [-0.39, 0.29) is 24.0 Å². The lowest BCUT2D eigenvalue weighted by Gasteiger charge is -2.27. The van der Waals surface area contributed by atoms with Crippen LogP contribution in [0.2, 0.25) is 0 Å². The lowest BCUT2D eigenvalue weighted by molar-refractivity contribution is -0.143. The number of carboxylic acids is 1. The SMILES string of the molecule is CC(C)CC(NC(=O)C(NC(=O)C(CS)NC(=O)C(N)CC(N)=O)C(C)C)C(=O)O. The fourth-order valence-corrected chi connectivity index (χ4v) is 2.78. The highest BCUT2D eigenvalue weighted by Gasteiger charge is 2.31. The van der Waals surface area contributed by atoms with E-state index in [9.17, 15) is 29.1 Å². The number of primary amides is 1. The van der Waals surface area contributed by atoms with E-state index >= 15 is 0 Å². The molecule has 4 amide bonds. The smallest absolute Gasteiger partial charge is 0.326 e. The van der Waals surface area contributed by atoms with Gasteiger partial charge in [0.25, 0.3) is 0 Å². The molecule has 0 spiro atoms. The summed E-state index contributed by atoms with van der Waals surface area (Å²) in [4.78, 5) is 59.5. The Kier molecular flexibility index (Phi) is 12.0. The number of nitrogens with one attached hydrogen (secondary N) is 3. The first-order valence-corrected chi connectivity index (χ1v) is 10.2. The van der Waals surface area contributed by atoms with E-state index < -0.39 is 60.2 Å². The number of hydrogen-bond acceptors (Lipinski definition) is 7. The number of aliphatic carboxylic acids is 1. The van der Waals surface area contributed by atoms with Gasteiger partial charge in [-0.15, -0.1) is 0 Å². The number of carboxylic acid groups (broad SMARTS) is 1. The number of amides is 4. The largest absolute Gasteiger partial charge is 0.480 e. The summed E-state index contributed by atoms with van der Waals surface area (Å²) in [6, 6.07) is -4.48. The Hall–Kier alpha value is -2.34.